The van der Waals surface area contributed by atoms with Gasteiger partial charge in [-0.05, 0) is 96.1 Å². The highest BCUT2D eigenvalue weighted by molar-refractivity contribution is 6.07. The minimum Gasteiger partial charge on any atom is -0.489 e. The number of aromatic amines is 1. The summed E-state index contributed by atoms with van der Waals surface area (Å²) in [5.74, 6) is 3.23. The van der Waals surface area contributed by atoms with Gasteiger partial charge in [0.05, 0.1) is 11.1 Å². The van der Waals surface area contributed by atoms with Gasteiger partial charge in [-0.2, -0.15) is 0 Å². The topological polar surface area (TPSA) is 144 Å². The molecular formula is C45H38N4O6. The molecule has 2 heterocycles. The zero-order chi connectivity index (χ0) is 38.1. The van der Waals surface area contributed by atoms with Gasteiger partial charge in [-0.15, -0.1) is 0 Å². The summed E-state index contributed by atoms with van der Waals surface area (Å²) in [5, 5.41) is 1.51. The molecule has 0 atom stereocenters. The van der Waals surface area contributed by atoms with Gasteiger partial charge in [0, 0.05) is 41.2 Å². The molecule has 0 unspecified atom stereocenters. The number of amides is 2. The second-order valence-electron chi connectivity index (χ2n) is 12.7. The lowest BCUT2D eigenvalue weighted by Crippen LogP contribution is -2.10. The Bertz CT molecular complexity index is 2550. The van der Waals surface area contributed by atoms with Gasteiger partial charge in [0.25, 0.3) is 11.8 Å². The first-order valence-electron chi connectivity index (χ1n) is 17.5. The fourth-order valence-electron chi connectivity index (χ4n) is 5.96. The van der Waals surface area contributed by atoms with E-state index in [1.807, 2.05) is 151 Å². The number of primary amides is 2. The Morgan fingerprint density at radius 1 is 0.545 bits per heavy atom. The number of nitrogens with two attached hydrogens (primary N) is 2. The van der Waals surface area contributed by atoms with Gasteiger partial charge in [-0.25, -0.2) is 0 Å². The van der Waals surface area contributed by atoms with Crippen LogP contribution in [-0.2, 0) is 20.3 Å². The quantitative estimate of drug-likeness (QED) is 0.114. The predicted octanol–water partition coefficient (Wildman–Crippen LogP) is 9.29. The van der Waals surface area contributed by atoms with Crippen molar-refractivity contribution in [2.75, 3.05) is 0 Å². The average Bonchev–Trinajstić information content (AvgIpc) is 3.79. The van der Waals surface area contributed by atoms with E-state index in [9.17, 15) is 9.59 Å². The number of ether oxygens (including phenoxy) is 4. The van der Waals surface area contributed by atoms with Crippen LogP contribution in [0.25, 0.3) is 21.8 Å². The maximum absolute atomic E-state index is 11.7. The molecule has 0 saturated carbocycles. The molecule has 2 aromatic heterocycles. The van der Waals surface area contributed by atoms with Gasteiger partial charge in [-0.1, -0.05) is 60.7 Å². The number of fused-ring (bicyclic) bond motifs is 2. The molecule has 55 heavy (non-hydrogen) atoms. The van der Waals surface area contributed by atoms with Gasteiger partial charge in [0.1, 0.15) is 47.7 Å². The first-order chi connectivity index (χ1) is 26.8. The van der Waals surface area contributed by atoms with Gasteiger partial charge < -0.3 is 40.0 Å². The van der Waals surface area contributed by atoms with Gasteiger partial charge >= 0.3 is 0 Å². The molecule has 5 N–H and O–H groups in total. The highest BCUT2D eigenvalue weighted by atomic mass is 16.5. The molecule has 0 saturated heterocycles. The number of carbonyl (C=O) groups excluding carboxylic acids is 2. The summed E-state index contributed by atoms with van der Waals surface area (Å²) in [4.78, 5) is 26.2. The lowest BCUT2D eigenvalue weighted by Gasteiger charge is -2.09. The van der Waals surface area contributed by atoms with E-state index in [1.54, 1.807) is 18.5 Å². The van der Waals surface area contributed by atoms with Crippen LogP contribution in [-0.4, -0.2) is 21.4 Å². The van der Waals surface area contributed by atoms with E-state index in [2.05, 4.69) is 4.98 Å². The predicted molar refractivity (Wildman–Crippen MR) is 213 cm³/mol. The number of benzene rings is 6. The third kappa shape index (κ3) is 8.95. The zero-order valence-electron chi connectivity index (χ0n) is 30.0. The minimum absolute atomic E-state index is 0.445. The summed E-state index contributed by atoms with van der Waals surface area (Å²) in [6.45, 7) is 1.03. The zero-order valence-corrected chi connectivity index (χ0v) is 30.0. The number of rotatable bonds is 12. The highest BCUT2D eigenvalue weighted by Crippen LogP contribution is 2.31. The Kier molecular flexibility index (Phi) is 10.8. The third-order valence-corrected chi connectivity index (χ3v) is 8.76. The summed E-state index contributed by atoms with van der Waals surface area (Å²) < 4.78 is 25.3. The van der Waals surface area contributed by atoms with E-state index in [4.69, 9.17) is 30.4 Å². The molecule has 274 valence electrons. The van der Waals surface area contributed by atoms with Crippen LogP contribution in [0.3, 0.4) is 0 Å². The summed E-state index contributed by atoms with van der Waals surface area (Å²) in [6, 6.07) is 46.0. The Morgan fingerprint density at radius 2 is 1.00 bits per heavy atom. The van der Waals surface area contributed by atoms with Crippen LogP contribution in [0.1, 0.15) is 31.8 Å². The summed E-state index contributed by atoms with van der Waals surface area (Å²) >= 11 is 0. The van der Waals surface area contributed by atoms with Crippen molar-refractivity contribution in [2.45, 2.75) is 13.2 Å². The van der Waals surface area contributed by atoms with E-state index >= 15 is 0 Å². The second-order valence-corrected chi connectivity index (χ2v) is 12.7. The molecule has 0 bridgehead atoms. The largest absolute Gasteiger partial charge is 0.489 e. The lowest BCUT2D eigenvalue weighted by molar-refractivity contribution is 0.0993. The van der Waals surface area contributed by atoms with E-state index in [-0.39, 0.29) is 0 Å². The average molecular weight is 731 g/mol. The number of nitrogens with zero attached hydrogens (tertiary/aromatic N) is 1. The number of aryl methyl sites for hydroxylation is 1. The Balaban J connectivity index is 0.000000169. The number of H-pyrrole nitrogens is 1. The fraction of sp³-hybridized carbons (Fsp3) is 0.0667. The fourth-order valence-corrected chi connectivity index (χ4v) is 5.96. The molecule has 8 rings (SSSR count). The van der Waals surface area contributed by atoms with Crippen LogP contribution >= 0.6 is 0 Å². The molecule has 0 aliphatic carbocycles. The Hall–Kier alpha value is -7.46. The number of hydrogen-bond acceptors (Lipinski definition) is 6. The summed E-state index contributed by atoms with van der Waals surface area (Å²) in [6.07, 6.45) is 3.34. The molecule has 0 spiro atoms. The number of hydrogen-bond donors (Lipinski definition) is 3. The van der Waals surface area contributed by atoms with Crippen molar-refractivity contribution in [2.24, 2.45) is 18.5 Å². The molecule has 10 nitrogen and oxygen atoms in total. The van der Waals surface area contributed by atoms with Crippen molar-refractivity contribution >= 4 is 33.6 Å². The van der Waals surface area contributed by atoms with Crippen molar-refractivity contribution in [1.82, 2.24) is 9.55 Å². The smallest absolute Gasteiger partial charge is 0.250 e. The van der Waals surface area contributed by atoms with Crippen molar-refractivity contribution in [3.8, 4) is 34.5 Å². The van der Waals surface area contributed by atoms with Crippen LogP contribution in [0, 0.1) is 0 Å². The van der Waals surface area contributed by atoms with Crippen molar-refractivity contribution in [3.05, 3.63) is 180 Å². The first kappa shape index (κ1) is 35.9. The molecule has 0 aliphatic heterocycles. The Labute approximate surface area is 317 Å². The van der Waals surface area contributed by atoms with Crippen LogP contribution < -0.4 is 30.4 Å². The number of nitrogens with one attached hydrogen (secondary N) is 1. The first-order valence-corrected chi connectivity index (χ1v) is 17.5. The van der Waals surface area contributed by atoms with E-state index < -0.39 is 11.8 Å². The summed E-state index contributed by atoms with van der Waals surface area (Å²) in [5.41, 5.74) is 15.8. The van der Waals surface area contributed by atoms with Gasteiger partial charge in [-0.3, -0.25) is 9.59 Å². The van der Waals surface area contributed by atoms with Crippen molar-refractivity contribution in [3.63, 3.8) is 0 Å². The second kappa shape index (κ2) is 16.5. The van der Waals surface area contributed by atoms with E-state index in [0.717, 1.165) is 44.4 Å². The van der Waals surface area contributed by atoms with Gasteiger partial charge in [0.15, 0.2) is 0 Å². The molecule has 10 heteroatoms. The minimum atomic E-state index is -0.474. The molecule has 8 aromatic rings. The number of carbonyl (C=O) groups is 2. The molecule has 0 aliphatic rings. The van der Waals surface area contributed by atoms with Crippen LogP contribution in [0.4, 0.5) is 0 Å². The highest BCUT2D eigenvalue weighted by Gasteiger charge is 2.13. The number of aromatic nitrogens is 2. The molecule has 2 amide bonds. The molecule has 6 aromatic carbocycles. The van der Waals surface area contributed by atoms with E-state index in [0.29, 0.717) is 47.3 Å². The summed E-state index contributed by atoms with van der Waals surface area (Å²) in [7, 11) is 1.88. The monoisotopic (exact) mass is 730 g/mol. The van der Waals surface area contributed by atoms with E-state index in [1.165, 1.54) is 0 Å². The normalized spacial score (nSPS) is 10.7. The molecular weight excluding hydrogens is 693 g/mol. The van der Waals surface area contributed by atoms with Crippen LogP contribution in [0.5, 0.6) is 34.5 Å². The Morgan fingerprint density at radius 3 is 1.51 bits per heavy atom. The van der Waals surface area contributed by atoms with Gasteiger partial charge in [0.2, 0.25) is 0 Å². The van der Waals surface area contributed by atoms with Crippen molar-refractivity contribution < 1.29 is 28.5 Å². The van der Waals surface area contributed by atoms with Crippen LogP contribution in [0.2, 0.25) is 0 Å². The van der Waals surface area contributed by atoms with Crippen LogP contribution in [0.15, 0.2) is 158 Å². The van der Waals surface area contributed by atoms with Crippen molar-refractivity contribution in [1.29, 1.82) is 0 Å². The standard InChI is InChI=1S/C23H20N2O3.C22H18N2O3/c1-25-14-21(23(24)26)20-13-19(11-12-22(20)25)28-18-9-7-17(8-10-18)27-15-16-5-3-2-4-6-16;23-22(25)20-13-24-21-11-10-18(12-19(20)21)27-17-8-6-16(7-9-17)26-14-15-4-2-1-3-5-15/h2-14H,15H2,1H3,(H2,24,26);1-13,24H,14H2,(H2,23,25). The molecule has 0 fully saturated rings. The SMILES string of the molecule is Cn1cc(C(N)=O)c2cc(Oc3ccc(OCc4ccccc4)cc3)ccc21.NC(=O)c1c[nH]c2ccc(Oc3ccc(OCc4ccccc4)cc3)cc12. The lowest BCUT2D eigenvalue weighted by atomic mass is 10.1. The maximum Gasteiger partial charge on any atom is 0.250 e. The molecule has 0 radical (unpaired) electrons. The third-order valence-electron chi connectivity index (χ3n) is 8.76. The maximum atomic E-state index is 11.7.